The Balaban J connectivity index is 2.89. The van der Waals surface area contributed by atoms with E-state index in [1.54, 1.807) is 6.92 Å². The van der Waals surface area contributed by atoms with Crippen LogP contribution >= 0.6 is 11.6 Å². The van der Waals surface area contributed by atoms with Crippen molar-refractivity contribution in [2.45, 2.75) is 26.7 Å². The summed E-state index contributed by atoms with van der Waals surface area (Å²) < 4.78 is 4.92. The number of rotatable bonds is 6. The highest BCUT2D eigenvalue weighted by molar-refractivity contribution is 6.27. The number of carbonyl (C=O) groups excluding carboxylic acids is 2. The smallest absolute Gasteiger partial charge is 0.310 e. The second kappa shape index (κ2) is 7.17. The number of alkyl halides is 1. The molecule has 0 amide bonds. The number of esters is 1. The Hall–Kier alpha value is -1.35. The van der Waals surface area contributed by atoms with E-state index in [2.05, 4.69) is 0 Å². The molecule has 18 heavy (non-hydrogen) atoms. The van der Waals surface area contributed by atoms with Crippen LogP contribution in [0.4, 0.5) is 0 Å². The fraction of sp³-hybridized carbons (Fsp3) is 0.429. The lowest BCUT2D eigenvalue weighted by atomic mass is 9.98. The molecule has 0 aromatic heterocycles. The second-order valence-electron chi connectivity index (χ2n) is 4.10. The van der Waals surface area contributed by atoms with Crippen LogP contribution in [0.15, 0.2) is 18.2 Å². The maximum atomic E-state index is 11.5. The molecule has 3 nitrogen and oxygen atoms in total. The minimum atomic E-state index is -0.275. The van der Waals surface area contributed by atoms with Crippen LogP contribution in [0.2, 0.25) is 0 Å². The maximum Gasteiger partial charge on any atom is 0.310 e. The summed E-state index contributed by atoms with van der Waals surface area (Å²) in [7, 11) is 0. The largest absolute Gasteiger partial charge is 0.466 e. The van der Waals surface area contributed by atoms with Crippen LogP contribution in [-0.2, 0) is 27.2 Å². The van der Waals surface area contributed by atoms with E-state index in [0.29, 0.717) is 6.61 Å². The van der Waals surface area contributed by atoms with Gasteiger partial charge in [-0.25, -0.2) is 0 Å². The molecule has 0 unspecified atom stereocenters. The number of carbonyl (C=O) groups is 2. The lowest BCUT2D eigenvalue weighted by Crippen LogP contribution is -2.12. The van der Waals surface area contributed by atoms with Crippen molar-refractivity contribution in [1.29, 1.82) is 0 Å². The van der Waals surface area contributed by atoms with Crippen molar-refractivity contribution in [3.05, 3.63) is 34.9 Å². The van der Waals surface area contributed by atoms with Gasteiger partial charge in [-0.2, -0.15) is 0 Å². The molecule has 98 valence electrons. The number of hydrogen-bond acceptors (Lipinski definition) is 3. The van der Waals surface area contributed by atoms with Gasteiger partial charge in [0.05, 0.1) is 18.9 Å². The van der Waals surface area contributed by atoms with Crippen molar-refractivity contribution in [1.82, 2.24) is 0 Å². The highest BCUT2D eigenvalue weighted by atomic mass is 35.5. The first-order valence-electron chi connectivity index (χ1n) is 5.88. The Bertz CT molecular complexity index is 441. The van der Waals surface area contributed by atoms with Gasteiger partial charge in [-0.3, -0.25) is 9.59 Å². The second-order valence-corrected chi connectivity index (χ2v) is 4.37. The predicted molar refractivity (Wildman–Crippen MR) is 70.9 cm³/mol. The van der Waals surface area contributed by atoms with Gasteiger partial charge in [-0.15, -0.1) is 11.6 Å². The molecule has 0 fully saturated rings. The van der Waals surface area contributed by atoms with Crippen molar-refractivity contribution in [3.63, 3.8) is 0 Å². The van der Waals surface area contributed by atoms with E-state index in [1.165, 1.54) is 0 Å². The molecule has 0 aliphatic carbocycles. The first kappa shape index (κ1) is 14.7. The van der Waals surface area contributed by atoms with E-state index in [4.69, 9.17) is 16.3 Å². The molecule has 4 heteroatoms. The molecule has 1 aromatic carbocycles. The van der Waals surface area contributed by atoms with Crippen LogP contribution in [0, 0.1) is 6.92 Å². The third kappa shape index (κ3) is 4.49. The Morgan fingerprint density at radius 2 is 1.94 bits per heavy atom. The quantitative estimate of drug-likeness (QED) is 0.588. The molecule has 1 rings (SSSR count). The normalized spacial score (nSPS) is 10.2. The van der Waals surface area contributed by atoms with Crippen molar-refractivity contribution < 1.29 is 14.3 Å². The molecule has 0 bridgehead atoms. The van der Waals surface area contributed by atoms with E-state index in [1.807, 2.05) is 25.1 Å². The van der Waals surface area contributed by atoms with E-state index in [-0.39, 0.29) is 30.5 Å². The number of halogens is 1. The summed E-state index contributed by atoms with van der Waals surface area (Å²) in [5.41, 5.74) is 2.74. The molecule has 0 spiro atoms. The first-order chi connectivity index (χ1) is 8.56. The Morgan fingerprint density at radius 3 is 2.56 bits per heavy atom. The maximum absolute atomic E-state index is 11.5. The molecule has 0 atom stereocenters. The van der Waals surface area contributed by atoms with Crippen molar-refractivity contribution >= 4 is 23.4 Å². The molecule has 0 heterocycles. The molecule has 0 radical (unpaired) electrons. The van der Waals surface area contributed by atoms with Gasteiger partial charge in [0.25, 0.3) is 0 Å². The van der Waals surface area contributed by atoms with Gasteiger partial charge in [0, 0.05) is 6.42 Å². The molecule has 0 aliphatic heterocycles. The monoisotopic (exact) mass is 268 g/mol. The van der Waals surface area contributed by atoms with Crippen LogP contribution in [0.3, 0.4) is 0 Å². The number of benzene rings is 1. The lowest BCUT2D eigenvalue weighted by Gasteiger charge is -2.09. The third-order valence-corrected chi connectivity index (χ3v) is 2.84. The lowest BCUT2D eigenvalue weighted by molar-refractivity contribution is -0.142. The van der Waals surface area contributed by atoms with E-state index in [0.717, 1.165) is 16.7 Å². The summed E-state index contributed by atoms with van der Waals surface area (Å²) in [4.78, 5) is 22.9. The first-order valence-corrected chi connectivity index (χ1v) is 6.42. The Morgan fingerprint density at radius 1 is 1.22 bits per heavy atom. The summed E-state index contributed by atoms with van der Waals surface area (Å²) in [5.74, 6) is -0.333. The summed E-state index contributed by atoms with van der Waals surface area (Å²) >= 11 is 5.50. The summed E-state index contributed by atoms with van der Waals surface area (Å²) in [6.45, 7) is 4.08. The Kier molecular flexibility index (Phi) is 5.86. The zero-order chi connectivity index (χ0) is 13.5. The number of ketones is 1. The third-order valence-electron chi connectivity index (χ3n) is 2.54. The molecule has 0 saturated carbocycles. The van der Waals surface area contributed by atoms with Crippen LogP contribution in [0.5, 0.6) is 0 Å². The highest BCUT2D eigenvalue weighted by Crippen LogP contribution is 2.14. The number of aryl methyl sites for hydroxylation is 1. The van der Waals surface area contributed by atoms with Gasteiger partial charge in [0.15, 0.2) is 5.78 Å². The van der Waals surface area contributed by atoms with Crippen LogP contribution < -0.4 is 0 Å². The highest BCUT2D eigenvalue weighted by Gasteiger charge is 2.11. The summed E-state index contributed by atoms with van der Waals surface area (Å²) in [6, 6.07) is 5.70. The number of ether oxygens (including phenoxy) is 1. The minimum Gasteiger partial charge on any atom is -0.466 e. The zero-order valence-corrected chi connectivity index (χ0v) is 11.4. The molecule has 0 aliphatic rings. The average Bonchev–Trinajstić information content (AvgIpc) is 2.32. The van der Waals surface area contributed by atoms with Crippen molar-refractivity contribution in [2.24, 2.45) is 0 Å². The standard InChI is InChI=1S/C14H17ClO3/c1-3-18-14(17)8-12-6-10(2)4-5-11(12)7-13(16)9-15/h4-6H,3,7-9H2,1-2H3. The molecular weight excluding hydrogens is 252 g/mol. The van der Waals surface area contributed by atoms with Gasteiger partial charge in [-0.1, -0.05) is 23.8 Å². The van der Waals surface area contributed by atoms with E-state index >= 15 is 0 Å². The predicted octanol–water partition coefficient (Wildman–Crippen LogP) is 2.45. The SMILES string of the molecule is CCOC(=O)Cc1cc(C)ccc1CC(=O)CCl. The fourth-order valence-corrected chi connectivity index (χ4v) is 1.81. The van der Waals surface area contributed by atoms with Gasteiger partial charge in [-0.05, 0) is 25.0 Å². The topological polar surface area (TPSA) is 43.4 Å². The number of hydrogen-bond donors (Lipinski definition) is 0. The molecule has 0 N–H and O–H groups in total. The van der Waals surface area contributed by atoms with Crippen molar-refractivity contribution in [3.8, 4) is 0 Å². The van der Waals surface area contributed by atoms with Gasteiger partial charge < -0.3 is 4.74 Å². The van der Waals surface area contributed by atoms with Crippen LogP contribution in [-0.4, -0.2) is 24.2 Å². The van der Waals surface area contributed by atoms with Gasteiger partial charge in [0.1, 0.15) is 0 Å². The number of Topliss-reactive ketones (excluding diaryl/α,β-unsaturated/α-hetero) is 1. The van der Waals surface area contributed by atoms with Gasteiger partial charge in [0.2, 0.25) is 0 Å². The Labute approximate surface area is 112 Å². The summed E-state index contributed by atoms with van der Waals surface area (Å²) in [6.07, 6.45) is 0.457. The molecular formula is C14H17ClO3. The average molecular weight is 269 g/mol. The van der Waals surface area contributed by atoms with Crippen molar-refractivity contribution in [2.75, 3.05) is 12.5 Å². The molecule has 0 saturated heterocycles. The van der Waals surface area contributed by atoms with Crippen LogP contribution in [0.1, 0.15) is 23.6 Å². The van der Waals surface area contributed by atoms with E-state index < -0.39 is 0 Å². The fourth-order valence-electron chi connectivity index (χ4n) is 1.72. The zero-order valence-electron chi connectivity index (χ0n) is 10.7. The van der Waals surface area contributed by atoms with E-state index in [9.17, 15) is 9.59 Å². The van der Waals surface area contributed by atoms with Crippen LogP contribution in [0.25, 0.3) is 0 Å². The molecule has 1 aromatic rings. The summed E-state index contributed by atoms with van der Waals surface area (Å²) in [5, 5.41) is 0. The van der Waals surface area contributed by atoms with Gasteiger partial charge >= 0.3 is 5.97 Å². The minimum absolute atomic E-state index is 0.00722.